The average molecular weight is 285 g/mol. The predicted molar refractivity (Wildman–Crippen MR) is 80.5 cm³/mol. The first-order valence-electron chi connectivity index (χ1n) is 7.03. The molecule has 1 unspecified atom stereocenters. The Labute approximate surface area is 124 Å². The van der Waals surface area contributed by atoms with Crippen molar-refractivity contribution in [3.63, 3.8) is 0 Å². The van der Waals surface area contributed by atoms with Crippen LogP contribution in [0.1, 0.15) is 18.4 Å². The van der Waals surface area contributed by atoms with Crippen LogP contribution in [0.4, 0.5) is 5.69 Å². The van der Waals surface area contributed by atoms with Crippen LogP contribution in [-0.2, 0) is 9.53 Å². The maximum absolute atomic E-state index is 11.9. The highest BCUT2D eigenvalue weighted by molar-refractivity contribution is 5.97. The first-order chi connectivity index (χ1) is 10.2. The number of carbonyl (C=O) groups is 1. The van der Waals surface area contributed by atoms with Gasteiger partial charge in [-0.05, 0) is 31.4 Å². The van der Waals surface area contributed by atoms with Crippen LogP contribution >= 0.6 is 0 Å². The van der Waals surface area contributed by atoms with Crippen LogP contribution in [0.5, 0.6) is 0 Å². The number of nitriles is 1. The van der Waals surface area contributed by atoms with Crippen molar-refractivity contribution in [2.24, 2.45) is 0 Å². The molecule has 0 aliphatic carbocycles. The Balaban J connectivity index is 1.92. The van der Waals surface area contributed by atoms with Gasteiger partial charge in [0.25, 0.3) is 5.91 Å². The van der Waals surface area contributed by atoms with E-state index in [1.165, 1.54) is 6.20 Å². The summed E-state index contributed by atoms with van der Waals surface area (Å²) in [5, 5.41) is 14.8. The molecule has 5 nitrogen and oxygen atoms in total. The van der Waals surface area contributed by atoms with E-state index in [9.17, 15) is 4.79 Å². The van der Waals surface area contributed by atoms with E-state index in [0.29, 0.717) is 6.54 Å². The van der Waals surface area contributed by atoms with E-state index in [4.69, 9.17) is 10.00 Å². The standard InChI is InChI=1S/C16H19N3O2/c1-12-5-2-3-7-15(12)18-10-13(9-17)16(20)19-11-14-6-4-8-21-14/h2-3,5,7,10,14,18H,4,6,8,11H2,1H3,(H,19,20)/b13-10-. The third kappa shape index (κ3) is 4.33. The fourth-order valence-corrected chi connectivity index (χ4v) is 2.14. The molecule has 110 valence electrons. The summed E-state index contributed by atoms with van der Waals surface area (Å²) in [5.74, 6) is -0.380. The molecule has 1 aliphatic heterocycles. The number of nitrogens with one attached hydrogen (secondary N) is 2. The molecule has 1 aromatic rings. The van der Waals surface area contributed by atoms with Gasteiger partial charge in [-0.15, -0.1) is 0 Å². The van der Waals surface area contributed by atoms with Crippen molar-refractivity contribution in [1.29, 1.82) is 5.26 Å². The number of rotatable bonds is 5. The number of amides is 1. The monoisotopic (exact) mass is 285 g/mol. The molecule has 1 heterocycles. The van der Waals surface area contributed by atoms with Gasteiger partial charge in [0, 0.05) is 25.0 Å². The summed E-state index contributed by atoms with van der Waals surface area (Å²) < 4.78 is 5.43. The highest BCUT2D eigenvalue weighted by Gasteiger charge is 2.17. The number of para-hydroxylation sites is 1. The fraction of sp³-hybridized carbons (Fsp3) is 0.375. The lowest BCUT2D eigenvalue weighted by Crippen LogP contribution is -2.32. The number of aryl methyl sites for hydroxylation is 1. The van der Waals surface area contributed by atoms with Gasteiger partial charge in [-0.25, -0.2) is 0 Å². The third-order valence-electron chi connectivity index (χ3n) is 3.40. The Morgan fingerprint density at radius 1 is 1.52 bits per heavy atom. The molecule has 1 saturated heterocycles. The summed E-state index contributed by atoms with van der Waals surface area (Å²) in [6.45, 7) is 3.15. The van der Waals surface area contributed by atoms with E-state index < -0.39 is 0 Å². The van der Waals surface area contributed by atoms with Gasteiger partial charge in [0.1, 0.15) is 11.6 Å². The number of hydrogen-bond donors (Lipinski definition) is 2. The number of hydrogen-bond acceptors (Lipinski definition) is 4. The molecule has 0 bridgehead atoms. The van der Waals surface area contributed by atoms with Crippen LogP contribution < -0.4 is 10.6 Å². The molecule has 21 heavy (non-hydrogen) atoms. The average Bonchev–Trinajstić information content (AvgIpc) is 3.01. The van der Waals surface area contributed by atoms with Gasteiger partial charge in [-0.1, -0.05) is 18.2 Å². The summed E-state index contributed by atoms with van der Waals surface area (Å²) in [6, 6.07) is 9.59. The number of carbonyl (C=O) groups excluding carboxylic acids is 1. The molecule has 0 saturated carbocycles. The van der Waals surface area contributed by atoms with Crippen LogP contribution in [0.3, 0.4) is 0 Å². The first-order valence-corrected chi connectivity index (χ1v) is 7.03. The minimum atomic E-state index is -0.380. The van der Waals surface area contributed by atoms with Crippen LogP contribution in [0.2, 0.25) is 0 Å². The molecule has 0 radical (unpaired) electrons. The van der Waals surface area contributed by atoms with Gasteiger partial charge >= 0.3 is 0 Å². The lowest BCUT2D eigenvalue weighted by Gasteiger charge is -2.10. The second-order valence-electron chi connectivity index (χ2n) is 4.97. The lowest BCUT2D eigenvalue weighted by molar-refractivity contribution is -0.117. The minimum Gasteiger partial charge on any atom is -0.376 e. The Hall–Kier alpha value is -2.32. The Morgan fingerprint density at radius 2 is 2.33 bits per heavy atom. The SMILES string of the molecule is Cc1ccccc1N/C=C(/C#N)C(=O)NCC1CCCO1. The fourth-order valence-electron chi connectivity index (χ4n) is 2.14. The van der Waals surface area contributed by atoms with Crippen molar-refractivity contribution in [2.75, 3.05) is 18.5 Å². The van der Waals surface area contributed by atoms with E-state index in [1.54, 1.807) is 0 Å². The number of benzene rings is 1. The minimum absolute atomic E-state index is 0.0521. The van der Waals surface area contributed by atoms with E-state index in [-0.39, 0.29) is 17.6 Å². The molecular weight excluding hydrogens is 266 g/mol. The van der Waals surface area contributed by atoms with Crippen molar-refractivity contribution < 1.29 is 9.53 Å². The topological polar surface area (TPSA) is 74.2 Å². The molecule has 2 N–H and O–H groups in total. The Morgan fingerprint density at radius 3 is 3.00 bits per heavy atom. The molecule has 0 spiro atoms. The number of anilines is 1. The maximum Gasteiger partial charge on any atom is 0.263 e. The summed E-state index contributed by atoms with van der Waals surface area (Å²) in [5.41, 5.74) is 1.97. The molecule has 1 amide bonds. The lowest BCUT2D eigenvalue weighted by atomic mass is 10.2. The molecule has 2 rings (SSSR count). The number of nitrogens with zero attached hydrogens (tertiary/aromatic N) is 1. The molecule has 1 aromatic carbocycles. The normalized spacial score (nSPS) is 18.1. The van der Waals surface area contributed by atoms with E-state index in [0.717, 1.165) is 30.7 Å². The van der Waals surface area contributed by atoms with E-state index in [2.05, 4.69) is 10.6 Å². The van der Waals surface area contributed by atoms with Crippen LogP contribution in [-0.4, -0.2) is 25.2 Å². The zero-order valence-electron chi connectivity index (χ0n) is 12.1. The first kappa shape index (κ1) is 15.1. The van der Waals surface area contributed by atoms with Crippen LogP contribution in [0.15, 0.2) is 36.0 Å². The smallest absolute Gasteiger partial charge is 0.263 e. The number of ether oxygens (including phenoxy) is 1. The van der Waals surface area contributed by atoms with Crippen molar-refractivity contribution in [3.05, 3.63) is 41.6 Å². The zero-order valence-corrected chi connectivity index (χ0v) is 12.1. The van der Waals surface area contributed by atoms with Gasteiger partial charge in [-0.3, -0.25) is 4.79 Å². The van der Waals surface area contributed by atoms with Gasteiger partial charge in [0.2, 0.25) is 0 Å². The van der Waals surface area contributed by atoms with Crippen molar-refractivity contribution in [2.45, 2.75) is 25.9 Å². The summed E-state index contributed by atoms with van der Waals surface area (Å²) >= 11 is 0. The van der Waals surface area contributed by atoms with Crippen LogP contribution in [0.25, 0.3) is 0 Å². The summed E-state index contributed by atoms with van der Waals surface area (Å²) in [4.78, 5) is 11.9. The second-order valence-corrected chi connectivity index (χ2v) is 4.97. The molecule has 1 aliphatic rings. The maximum atomic E-state index is 11.9. The van der Waals surface area contributed by atoms with E-state index >= 15 is 0 Å². The van der Waals surface area contributed by atoms with Crippen molar-refractivity contribution in [3.8, 4) is 6.07 Å². The Bertz CT molecular complexity index is 569. The van der Waals surface area contributed by atoms with Gasteiger partial charge in [0.15, 0.2) is 0 Å². The highest BCUT2D eigenvalue weighted by atomic mass is 16.5. The molecule has 1 fully saturated rings. The predicted octanol–water partition coefficient (Wildman–Crippen LogP) is 2.11. The molecular formula is C16H19N3O2. The largest absolute Gasteiger partial charge is 0.376 e. The van der Waals surface area contributed by atoms with Crippen molar-refractivity contribution in [1.82, 2.24) is 5.32 Å². The van der Waals surface area contributed by atoms with Crippen LogP contribution in [0, 0.1) is 18.3 Å². The summed E-state index contributed by atoms with van der Waals surface area (Å²) in [6.07, 6.45) is 3.48. The zero-order chi connectivity index (χ0) is 15.1. The van der Waals surface area contributed by atoms with Gasteiger partial charge < -0.3 is 15.4 Å². The quantitative estimate of drug-likeness (QED) is 0.642. The van der Waals surface area contributed by atoms with Gasteiger partial charge in [-0.2, -0.15) is 5.26 Å². The molecule has 1 atom stereocenters. The van der Waals surface area contributed by atoms with Crippen molar-refractivity contribution >= 4 is 11.6 Å². The van der Waals surface area contributed by atoms with Gasteiger partial charge in [0.05, 0.1) is 6.10 Å². The summed E-state index contributed by atoms with van der Waals surface area (Å²) in [7, 11) is 0. The molecule has 0 aromatic heterocycles. The molecule has 5 heteroatoms. The highest BCUT2D eigenvalue weighted by Crippen LogP contribution is 2.14. The Kier molecular flexibility index (Phi) is 5.35. The third-order valence-corrected chi connectivity index (χ3v) is 3.40. The van der Waals surface area contributed by atoms with E-state index in [1.807, 2.05) is 37.3 Å². The second kappa shape index (κ2) is 7.46.